The zero-order valence-electron chi connectivity index (χ0n) is 14.2. The first-order chi connectivity index (χ1) is 13.5. The lowest BCUT2D eigenvalue weighted by Gasteiger charge is -2.28. The number of amidine groups is 1. The van der Waals surface area contributed by atoms with Crippen LogP contribution >= 0.6 is 0 Å². The molecule has 1 atom stereocenters. The van der Waals surface area contributed by atoms with Gasteiger partial charge in [-0.3, -0.25) is 4.79 Å². The molecule has 1 unspecified atom stereocenters. The lowest BCUT2D eigenvalue weighted by molar-refractivity contribution is -0.138. The molecule has 2 heterocycles. The Bertz CT molecular complexity index is 961. The Morgan fingerprint density at radius 2 is 1.90 bits per heavy atom. The molecule has 154 valence electrons. The Hall–Kier alpha value is -3.38. The largest absolute Gasteiger partial charge is 0.459 e. The van der Waals surface area contributed by atoms with E-state index in [2.05, 4.69) is 25.0 Å². The maximum atomic E-state index is 14.1. The van der Waals surface area contributed by atoms with Crippen LogP contribution in [0.5, 0.6) is 0 Å². The van der Waals surface area contributed by atoms with Crippen LogP contribution in [0.25, 0.3) is 0 Å². The topological polar surface area (TPSA) is 102 Å². The Labute approximate surface area is 158 Å². The second kappa shape index (κ2) is 7.22. The molecule has 1 amide bonds. The van der Waals surface area contributed by atoms with Crippen LogP contribution in [0.1, 0.15) is 27.8 Å². The van der Waals surface area contributed by atoms with Gasteiger partial charge in [0.05, 0.1) is 5.56 Å². The second-order valence-electron chi connectivity index (χ2n) is 5.90. The van der Waals surface area contributed by atoms with Gasteiger partial charge in [-0.1, -0.05) is 0 Å². The van der Waals surface area contributed by atoms with Crippen molar-refractivity contribution in [1.82, 2.24) is 9.97 Å². The predicted molar refractivity (Wildman–Crippen MR) is 86.6 cm³/mol. The number of carbonyl (C=O) groups is 1. The highest BCUT2D eigenvalue weighted by Gasteiger charge is 2.46. The number of nitrogens with two attached hydrogens (primary N) is 1. The van der Waals surface area contributed by atoms with Gasteiger partial charge in [-0.25, -0.2) is 28.1 Å². The third-order valence-electron chi connectivity index (χ3n) is 3.80. The number of ether oxygens (including phenoxy) is 1. The van der Waals surface area contributed by atoms with E-state index in [0.29, 0.717) is 12.4 Å². The molecule has 1 aromatic carbocycles. The summed E-state index contributed by atoms with van der Waals surface area (Å²) in [4.78, 5) is 22.1. The summed E-state index contributed by atoms with van der Waals surface area (Å²) in [5.41, 5.74) is 3.42. The zero-order valence-corrected chi connectivity index (χ0v) is 14.2. The minimum Gasteiger partial charge on any atom is -0.459 e. The van der Waals surface area contributed by atoms with Gasteiger partial charge in [-0.15, -0.1) is 0 Å². The van der Waals surface area contributed by atoms with Crippen LogP contribution < -0.4 is 11.1 Å². The molecule has 7 nitrogen and oxygen atoms in total. The Balaban J connectivity index is 1.85. The average Bonchev–Trinajstić information content (AvgIpc) is 2.65. The van der Waals surface area contributed by atoms with Crippen molar-refractivity contribution in [3.8, 4) is 0 Å². The van der Waals surface area contributed by atoms with E-state index in [0.717, 1.165) is 18.2 Å². The minimum absolute atomic E-state index is 0.133. The number of anilines is 1. The molecule has 0 spiro atoms. The van der Waals surface area contributed by atoms with Crippen LogP contribution in [-0.4, -0.2) is 34.4 Å². The van der Waals surface area contributed by atoms with E-state index in [-0.39, 0.29) is 5.69 Å². The Kier molecular flexibility index (Phi) is 5.07. The van der Waals surface area contributed by atoms with Crippen molar-refractivity contribution in [3.63, 3.8) is 0 Å². The van der Waals surface area contributed by atoms with Crippen molar-refractivity contribution in [2.24, 2.45) is 10.7 Å². The lowest BCUT2D eigenvalue weighted by Crippen LogP contribution is -2.40. The third kappa shape index (κ3) is 4.38. The van der Waals surface area contributed by atoms with E-state index in [9.17, 15) is 31.1 Å². The first kappa shape index (κ1) is 20.4. The van der Waals surface area contributed by atoms with E-state index < -0.39 is 59.4 Å². The van der Waals surface area contributed by atoms with Crippen molar-refractivity contribution >= 4 is 17.6 Å². The lowest BCUT2D eigenvalue weighted by atomic mass is 9.99. The van der Waals surface area contributed by atoms with Crippen LogP contribution in [0.2, 0.25) is 0 Å². The standard InChI is InChI=1S/C16H11F6N5O2/c17-10-2-1-8(3-9(10)11-15(18,19)6-29-14(23)27-11)26-13(28)12-24-4-7(5-25-12)16(20,21)22/h1-5,11H,6H2,(H2,23,27)(H,26,28). The molecule has 0 aliphatic carbocycles. The van der Waals surface area contributed by atoms with E-state index in [1.54, 1.807) is 0 Å². The van der Waals surface area contributed by atoms with Crippen LogP contribution in [0.3, 0.4) is 0 Å². The molecular formula is C16H11F6N5O2. The van der Waals surface area contributed by atoms with Crippen LogP contribution in [0.4, 0.5) is 32.0 Å². The van der Waals surface area contributed by atoms with E-state index in [4.69, 9.17) is 5.73 Å². The molecule has 0 fully saturated rings. The number of halogens is 6. The van der Waals surface area contributed by atoms with Gasteiger partial charge in [-0.05, 0) is 18.2 Å². The minimum atomic E-state index is -4.68. The highest BCUT2D eigenvalue weighted by atomic mass is 19.4. The average molecular weight is 419 g/mol. The van der Waals surface area contributed by atoms with Gasteiger partial charge >= 0.3 is 12.1 Å². The Morgan fingerprint density at radius 3 is 2.52 bits per heavy atom. The van der Waals surface area contributed by atoms with Gasteiger partial charge in [0.2, 0.25) is 5.82 Å². The fraction of sp³-hybridized carbons (Fsp3) is 0.250. The quantitative estimate of drug-likeness (QED) is 0.745. The van der Waals surface area contributed by atoms with E-state index in [1.165, 1.54) is 0 Å². The number of nitrogens with zero attached hydrogens (tertiary/aromatic N) is 3. The van der Waals surface area contributed by atoms with Crippen molar-refractivity contribution in [2.75, 3.05) is 11.9 Å². The second-order valence-corrected chi connectivity index (χ2v) is 5.90. The van der Waals surface area contributed by atoms with Crippen molar-refractivity contribution in [2.45, 2.75) is 18.1 Å². The molecule has 0 saturated carbocycles. The summed E-state index contributed by atoms with van der Waals surface area (Å²) < 4.78 is 84.2. The zero-order chi connectivity index (χ0) is 21.4. The van der Waals surface area contributed by atoms with Gasteiger partial charge in [-0.2, -0.15) is 13.2 Å². The third-order valence-corrected chi connectivity index (χ3v) is 3.80. The number of rotatable bonds is 3. The fourth-order valence-corrected chi connectivity index (χ4v) is 2.41. The molecule has 0 saturated heterocycles. The number of carbonyl (C=O) groups excluding carboxylic acids is 1. The number of aromatic nitrogens is 2. The summed E-state index contributed by atoms with van der Waals surface area (Å²) in [5.74, 6) is -6.24. The summed E-state index contributed by atoms with van der Waals surface area (Å²) in [6.07, 6.45) is -3.85. The maximum absolute atomic E-state index is 14.1. The van der Waals surface area contributed by atoms with Crippen molar-refractivity contribution < 1.29 is 35.9 Å². The molecule has 3 rings (SSSR count). The molecule has 29 heavy (non-hydrogen) atoms. The van der Waals surface area contributed by atoms with Gasteiger partial charge in [0.1, 0.15) is 5.82 Å². The molecule has 3 N–H and O–H groups in total. The molecular weight excluding hydrogens is 408 g/mol. The first-order valence-corrected chi connectivity index (χ1v) is 7.81. The van der Waals surface area contributed by atoms with E-state index in [1.807, 2.05) is 0 Å². The van der Waals surface area contributed by atoms with E-state index >= 15 is 0 Å². The first-order valence-electron chi connectivity index (χ1n) is 7.81. The summed E-state index contributed by atoms with van der Waals surface area (Å²) in [7, 11) is 0. The summed E-state index contributed by atoms with van der Waals surface area (Å²) in [6, 6.07) is 0.238. The SMILES string of the molecule is NC1=NC(c2cc(NC(=O)c3ncc(C(F)(F)F)cn3)ccc2F)C(F)(F)CO1. The summed E-state index contributed by atoms with van der Waals surface area (Å²) >= 11 is 0. The molecule has 0 radical (unpaired) electrons. The molecule has 0 bridgehead atoms. The molecule has 13 heteroatoms. The number of benzene rings is 1. The predicted octanol–water partition coefficient (Wildman–Crippen LogP) is 2.91. The van der Waals surface area contributed by atoms with Crippen LogP contribution in [-0.2, 0) is 10.9 Å². The number of hydrogen-bond acceptors (Lipinski definition) is 6. The number of nitrogens with one attached hydrogen (secondary N) is 1. The van der Waals surface area contributed by atoms with Crippen LogP contribution in [0, 0.1) is 5.82 Å². The molecule has 2 aromatic rings. The van der Waals surface area contributed by atoms with Gasteiger partial charge < -0.3 is 15.8 Å². The molecule has 1 aliphatic rings. The van der Waals surface area contributed by atoms with Gasteiger partial charge in [0.25, 0.3) is 11.9 Å². The number of hydrogen-bond donors (Lipinski definition) is 2. The normalized spacial score (nSPS) is 18.6. The fourth-order valence-electron chi connectivity index (χ4n) is 2.41. The van der Waals surface area contributed by atoms with Gasteiger partial charge in [0, 0.05) is 23.6 Å². The molecule has 1 aliphatic heterocycles. The summed E-state index contributed by atoms with van der Waals surface area (Å²) in [5, 5.41) is 2.19. The number of aliphatic imine (C=N–C) groups is 1. The summed E-state index contributed by atoms with van der Waals surface area (Å²) in [6.45, 7) is -1.11. The monoisotopic (exact) mass is 419 g/mol. The number of amides is 1. The maximum Gasteiger partial charge on any atom is 0.419 e. The van der Waals surface area contributed by atoms with Crippen molar-refractivity contribution in [3.05, 3.63) is 53.4 Å². The van der Waals surface area contributed by atoms with Gasteiger partial charge in [0.15, 0.2) is 12.6 Å². The smallest absolute Gasteiger partial charge is 0.419 e. The highest BCUT2D eigenvalue weighted by molar-refractivity contribution is 6.01. The highest BCUT2D eigenvalue weighted by Crippen LogP contribution is 2.39. The molecule has 1 aromatic heterocycles. The van der Waals surface area contributed by atoms with Crippen molar-refractivity contribution in [1.29, 1.82) is 0 Å². The Morgan fingerprint density at radius 1 is 1.24 bits per heavy atom. The number of alkyl halides is 5. The van der Waals surface area contributed by atoms with Crippen LogP contribution in [0.15, 0.2) is 35.6 Å².